The van der Waals surface area contributed by atoms with Gasteiger partial charge in [-0.05, 0) is 60.2 Å². The van der Waals surface area contributed by atoms with Crippen molar-refractivity contribution in [1.82, 2.24) is 15.1 Å². The Labute approximate surface area is 111 Å². The average Bonchev–Trinajstić information content (AvgIpc) is 2.51. The van der Waals surface area contributed by atoms with E-state index in [1.807, 2.05) is 7.05 Å². The highest BCUT2D eigenvalue weighted by Gasteiger charge is 2.13. The van der Waals surface area contributed by atoms with Crippen molar-refractivity contribution in [3.63, 3.8) is 0 Å². The second kappa shape index (κ2) is 6.34. The Morgan fingerprint density at radius 2 is 1.94 bits per heavy atom. The SMILES string of the molecule is CNCCc1c(C)nn(CCOC(C)(C)C)c1C. The summed E-state index contributed by atoms with van der Waals surface area (Å²) in [4.78, 5) is 0. The number of ether oxygens (including phenoxy) is 1. The number of nitrogens with one attached hydrogen (secondary N) is 1. The lowest BCUT2D eigenvalue weighted by atomic mass is 10.1. The van der Waals surface area contributed by atoms with E-state index in [0.717, 1.165) is 25.2 Å². The van der Waals surface area contributed by atoms with Crippen molar-refractivity contribution in [3.05, 3.63) is 17.0 Å². The second-order valence-corrected chi connectivity index (χ2v) is 5.69. The zero-order valence-corrected chi connectivity index (χ0v) is 12.6. The Morgan fingerprint density at radius 1 is 1.28 bits per heavy atom. The van der Waals surface area contributed by atoms with Crippen LogP contribution in [-0.2, 0) is 17.7 Å². The molecule has 0 aliphatic heterocycles. The Kier molecular flexibility index (Phi) is 5.35. The first-order valence-corrected chi connectivity index (χ1v) is 6.66. The van der Waals surface area contributed by atoms with E-state index < -0.39 is 0 Å². The smallest absolute Gasteiger partial charge is 0.0669 e. The van der Waals surface area contributed by atoms with Gasteiger partial charge in [-0.1, -0.05) is 0 Å². The quantitative estimate of drug-likeness (QED) is 0.843. The molecule has 0 spiro atoms. The van der Waals surface area contributed by atoms with Gasteiger partial charge in [-0.15, -0.1) is 0 Å². The summed E-state index contributed by atoms with van der Waals surface area (Å²) >= 11 is 0. The maximum Gasteiger partial charge on any atom is 0.0669 e. The van der Waals surface area contributed by atoms with E-state index in [9.17, 15) is 0 Å². The summed E-state index contributed by atoms with van der Waals surface area (Å²) < 4.78 is 7.81. The van der Waals surface area contributed by atoms with E-state index in [0.29, 0.717) is 6.61 Å². The number of hydrogen-bond acceptors (Lipinski definition) is 3. The molecule has 0 unspecified atom stereocenters. The lowest BCUT2D eigenvalue weighted by molar-refractivity contribution is -0.00810. The molecule has 104 valence electrons. The predicted molar refractivity (Wildman–Crippen MR) is 75.0 cm³/mol. The van der Waals surface area contributed by atoms with Crippen LogP contribution in [0.3, 0.4) is 0 Å². The molecule has 0 amide bonds. The first-order valence-electron chi connectivity index (χ1n) is 6.66. The molecular formula is C14H27N3O. The van der Waals surface area contributed by atoms with Crippen LogP contribution in [0, 0.1) is 13.8 Å². The van der Waals surface area contributed by atoms with Gasteiger partial charge in [-0.25, -0.2) is 0 Å². The summed E-state index contributed by atoms with van der Waals surface area (Å²) in [5, 5.41) is 7.77. The van der Waals surface area contributed by atoms with Crippen LogP contribution in [0.2, 0.25) is 0 Å². The fourth-order valence-electron chi connectivity index (χ4n) is 2.00. The van der Waals surface area contributed by atoms with Crippen molar-refractivity contribution in [1.29, 1.82) is 0 Å². The third-order valence-electron chi connectivity index (χ3n) is 2.99. The van der Waals surface area contributed by atoms with E-state index >= 15 is 0 Å². The summed E-state index contributed by atoms with van der Waals surface area (Å²) in [5.74, 6) is 0. The van der Waals surface area contributed by atoms with Gasteiger partial charge >= 0.3 is 0 Å². The van der Waals surface area contributed by atoms with Crippen LogP contribution in [0.1, 0.15) is 37.7 Å². The number of nitrogens with zero attached hydrogens (tertiary/aromatic N) is 2. The highest BCUT2D eigenvalue weighted by molar-refractivity contribution is 5.24. The van der Waals surface area contributed by atoms with Gasteiger partial charge < -0.3 is 10.1 Å². The molecule has 1 heterocycles. The fraction of sp³-hybridized carbons (Fsp3) is 0.786. The van der Waals surface area contributed by atoms with Crippen molar-refractivity contribution < 1.29 is 4.74 Å². The highest BCUT2D eigenvalue weighted by atomic mass is 16.5. The van der Waals surface area contributed by atoms with Gasteiger partial charge in [0.1, 0.15) is 0 Å². The third kappa shape index (κ3) is 4.42. The summed E-state index contributed by atoms with van der Waals surface area (Å²) in [6.45, 7) is 13.0. The average molecular weight is 253 g/mol. The van der Waals surface area contributed by atoms with Gasteiger partial charge in [0.25, 0.3) is 0 Å². The van der Waals surface area contributed by atoms with Gasteiger partial charge in [0.05, 0.1) is 24.4 Å². The van der Waals surface area contributed by atoms with Gasteiger partial charge in [-0.3, -0.25) is 4.68 Å². The molecule has 1 N–H and O–H groups in total. The monoisotopic (exact) mass is 253 g/mol. The third-order valence-corrected chi connectivity index (χ3v) is 2.99. The molecule has 4 nitrogen and oxygen atoms in total. The van der Waals surface area contributed by atoms with Crippen LogP contribution in [0.4, 0.5) is 0 Å². The van der Waals surface area contributed by atoms with Crippen molar-refractivity contribution >= 4 is 0 Å². The zero-order valence-electron chi connectivity index (χ0n) is 12.6. The number of aromatic nitrogens is 2. The number of hydrogen-bond donors (Lipinski definition) is 1. The van der Waals surface area contributed by atoms with Crippen molar-refractivity contribution in [2.45, 2.75) is 53.2 Å². The topological polar surface area (TPSA) is 39.1 Å². The van der Waals surface area contributed by atoms with Gasteiger partial charge in [-0.2, -0.15) is 5.10 Å². The normalized spacial score (nSPS) is 12.1. The minimum Gasteiger partial charge on any atom is -0.374 e. The fourth-order valence-corrected chi connectivity index (χ4v) is 2.00. The molecule has 0 saturated carbocycles. The molecule has 0 fully saturated rings. The molecule has 18 heavy (non-hydrogen) atoms. The molecule has 0 aliphatic rings. The van der Waals surface area contributed by atoms with Crippen molar-refractivity contribution in [2.75, 3.05) is 20.2 Å². The van der Waals surface area contributed by atoms with Crippen LogP contribution < -0.4 is 5.32 Å². The Balaban J connectivity index is 2.61. The molecule has 0 bridgehead atoms. The van der Waals surface area contributed by atoms with E-state index in [1.54, 1.807) is 0 Å². The zero-order chi connectivity index (χ0) is 13.8. The molecule has 0 saturated heterocycles. The van der Waals surface area contributed by atoms with Crippen LogP contribution in [0.15, 0.2) is 0 Å². The molecule has 0 aromatic carbocycles. The Morgan fingerprint density at radius 3 is 2.50 bits per heavy atom. The minimum atomic E-state index is -0.0783. The summed E-state index contributed by atoms with van der Waals surface area (Å²) in [7, 11) is 1.98. The first kappa shape index (κ1) is 15.2. The second-order valence-electron chi connectivity index (χ2n) is 5.69. The lowest BCUT2D eigenvalue weighted by Crippen LogP contribution is -2.22. The maximum atomic E-state index is 5.75. The maximum absolute atomic E-state index is 5.75. The molecule has 0 atom stereocenters. The van der Waals surface area contributed by atoms with E-state index in [2.05, 4.69) is 49.7 Å². The van der Waals surface area contributed by atoms with Crippen molar-refractivity contribution in [3.8, 4) is 0 Å². The van der Waals surface area contributed by atoms with E-state index in [-0.39, 0.29) is 5.60 Å². The van der Waals surface area contributed by atoms with Crippen LogP contribution in [0.25, 0.3) is 0 Å². The molecule has 0 radical (unpaired) electrons. The largest absolute Gasteiger partial charge is 0.374 e. The summed E-state index contributed by atoms with van der Waals surface area (Å²) in [5.41, 5.74) is 3.68. The van der Waals surface area contributed by atoms with Crippen LogP contribution >= 0.6 is 0 Å². The summed E-state index contributed by atoms with van der Waals surface area (Å²) in [6.07, 6.45) is 1.04. The Bertz CT molecular complexity index is 377. The van der Waals surface area contributed by atoms with Crippen LogP contribution in [-0.4, -0.2) is 35.6 Å². The van der Waals surface area contributed by atoms with E-state index in [1.165, 1.54) is 11.3 Å². The van der Waals surface area contributed by atoms with Gasteiger partial charge in [0.2, 0.25) is 0 Å². The number of aryl methyl sites for hydroxylation is 1. The molecule has 1 rings (SSSR count). The van der Waals surface area contributed by atoms with Gasteiger partial charge in [0, 0.05) is 5.69 Å². The molecule has 1 aromatic heterocycles. The first-order chi connectivity index (χ1) is 8.35. The minimum absolute atomic E-state index is 0.0783. The standard InChI is InChI=1S/C14H27N3O/c1-11-13(7-8-15-6)12(2)17(16-11)9-10-18-14(3,4)5/h15H,7-10H2,1-6H3. The molecule has 0 aliphatic carbocycles. The number of likely N-dealkylation sites (N-methyl/N-ethyl adjacent to an activating group) is 1. The number of rotatable bonds is 6. The van der Waals surface area contributed by atoms with Gasteiger partial charge in [0.15, 0.2) is 0 Å². The van der Waals surface area contributed by atoms with Crippen LogP contribution in [0.5, 0.6) is 0 Å². The lowest BCUT2D eigenvalue weighted by Gasteiger charge is -2.19. The van der Waals surface area contributed by atoms with Crippen molar-refractivity contribution in [2.24, 2.45) is 0 Å². The molecule has 1 aromatic rings. The highest BCUT2D eigenvalue weighted by Crippen LogP contribution is 2.14. The predicted octanol–water partition coefficient (Wildman–Crippen LogP) is 2.08. The van der Waals surface area contributed by atoms with E-state index in [4.69, 9.17) is 4.74 Å². The Hall–Kier alpha value is -0.870. The molecule has 4 heteroatoms. The summed E-state index contributed by atoms with van der Waals surface area (Å²) in [6, 6.07) is 0. The molecular weight excluding hydrogens is 226 g/mol.